The van der Waals surface area contributed by atoms with E-state index in [4.69, 9.17) is 9.84 Å². The van der Waals surface area contributed by atoms with Crippen LogP contribution >= 0.6 is 0 Å². The van der Waals surface area contributed by atoms with E-state index in [0.717, 1.165) is 0 Å². The van der Waals surface area contributed by atoms with E-state index in [1.807, 2.05) is 0 Å². The number of benzene rings is 1. The van der Waals surface area contributed by atoms with E-state index in [9.17, 15) is 14.4 Å². The molecule has 2 aromatic rings. The quantitative estimate of drug-likeness (QED) is 0.834. The first-order valence-electron chi connectivity index (χ1n) is 7.12. The zero-order valence-electron chi connectivity index (χ0n) is 12.2. The number of aliphatic carboxylic acids is 1. The average molecular weight is 317 g/mol. The first-order valence-corrected chi connectivity index (χ1v) is 7.12. The van der Waals surface area contributed by atoms with Gasteiger partial charge in [-0.15, -0.1) is 0 Å². The molecule has 1 aromatic carbocycles. The summed E-state index contributed by atoms with van der Waals surface area (Å²) in [4.78, 5) is 41.3. The number of ether oxygens (including phenoxy) is 1. The van der Waals surface area contributed by atoms with E-state index in [0.29, 0.717) is 10.9 Å². The lowest BCUT2D eigenvalue weighted by molar-refractivity contribution is -0.158. The van der Waals surface area contributed by atoms with E-state index in [-0.39, 0.29) is 31.9 Å². The number of carbonyl (C=O) groups excluding carboxylic acids is 1. The number of nitrogens with zero attached hydrogens (tertiary/aromatic N) is 3. The standard InChI is InChI=1S/C15H15N3O5/c19-13(18-5-6-23-8-12(18)15(21)22)7-17-9-16-11-4-2-1-3-10(11)14(17)20/h1-4,9,12H,5-8H2,(H,21,22)/t12-/m1/s1. The van der Waals surface area contributed by atoms with Crippen LogP contribution in [0.3, 0.4) is 0 Å². The topological polar surface area (TPSA) is 102 Å². The fourth-order valence-electron chi connectivity index (χ4n) is 2.56. The highest BCUT2D eigenvalue weighted by Crippen LogP contribution is 2.09. The molecule has 1 N–H and O–H groups in total. The van der Waals surface area contributed by atoms with Crippen LogP contribution in [0.5, 0.6) is 0 Å². The smallest absolute Gasteiger partial charge is 0.328 e. The Labute approximate surface area is 130 Å². The highest BCUT2D eigenvalue weighted by Gasteiger charge is 2.32. The van der Waals surface area contributed by atoms with Crippen LogP contribution in [-0.2, 0) is 20.9 Å². The number of hydrogen-bond donors (Lipinski definition) is 1. The molecule has 1 amide bonds. The second-order valence-electron chi connectivity index (χ2n) is 5.21. The van der Waals surface area contributed by atoms with Crippen LogP contribution in [0.25, 0.3) is 10.9 Å². The van der Waals surface area contributed by atoms with Crippen molar-refractivity contribution in [3.8, 4) is 0 Å². The van der Waals surface area contributed by atoms with E-state index in [2.05, 4.69) is 4.98 Å². The molecule has 23 heavy (non-hydrogen) atoms. The average Bonchev–Trinajstić information content (AvgIpc) is 2.57. The minimum Gasteiger partial charge on any atom is -0.480 e. The van der Waals surface area contributed by atoms with E-state index < -0.39 is 17.9 Å². The van der Waals surface area contributed by atoms with Gasteiger partial charge in [0, 0.05) is 6.54 Å². The molecule has 120 valence electrons. The summed E-state index contributed by atoms with van der Waals surface area (Å²) in [5, 5.41) is 9.58. The maximum absolute atomic E-state index is 12.4. The molecule has 1 aliphatic rings. The fourth-order valence-corrected chi connectivity index (χ4v) is 2.56. The van der Waals surface area contributed by atoms with Crippen LogP contribution in [0, 0.1) is 0 Å². The molecular weight excluding hydrogens is 302 g/mol. The summed E-state index contributed by atoms with van der Waals surface area (Å²) in [6.45, 7) is 0.165. The minimum atomic E-state index is -1.12. The number of carboxylic acid groups (broad SMARTS) is 1. The summed E-state index contributed by atoms with van der Waals surface area (Å²) in [7, 11) is 0. The molecular formula is C15H15N3O5. The number of fused-ring (bicyclic) bond motifs is 1. The van der Waals surface area contributed by atoms with Crippen LogP contribution < -0.4 is 5.56 Å². The number of amides is 1. The van der Waals surface area contributed by atoms with E-state index in [1.165, 1.54) is 15.8 Å². The third kappa shape index (κ3) is 2.93. The first kappa shape index (κ1) is 15.2. The van der Waals surface area contributed by atoms with Crippen LogP contribution in [0.2, 0.25) is 0 Å². The zero-order chi connectivity index (χ0) is 16.4. The van der Waals surface area contributed by atoms with Gasteiger partial charge in [-0.25, -0.2) is 9.78 Å². The number of para-hydroxylation sites is 1. The van der Waals surface area contributed by atoms with Crippen LogP contribution in [-0.4, -0.2) is 57.2 Å². The molecule has 0 unspecified atom stereocenters. The molecule has 1 fully saturated rings. The fraction of sp³-hybridized carbons (Fsp3) is 0.333. The predicted molar refractivity (Wildman–Crippen MR) is 80.0 cm³/mol. The van der Waals surface area contributed by atoms with Crippen LogP contribution in [0.1, 0.15) is 0 Å². The van der Waals surface area contributed by atoms with Crippen molar-refractivity contribution in [1.29, 1.82) is 0 Å². The van der Waals surface area contributed by atoms with Crippen molar-refractivity contribution in [2.45, 2.75) is 12.6 Å². The maximum atomic E-state index is 12.4. The largest absolute Gasteiger partial charge is 0.480 e. The SMILES string of the molecule is O=C(O)[C@H]1COCCN1C(=O)Cn1cnc2ccccc2c1=O. The van der Waals surface area contributed by atoms with Gasteiger partial charge in [0.2, 0.25) is 5.91 Å². The maximum Gasteiger partial charge on any atom is 0.328 e. The Morgan fingerprint density at radius 3 is 2.91 bits per heavy atom. The molecule has 3 rings (SSSR count). The van der Waals surface area contributed by atoms with Gasteiger partial charge >= 0.3 is 5.97 Å². The Morgan fingerprint density at radius 1 is 1.35 bits per heavy atom. The lowest BCUT2D eigenvalue weighted by Crippen LogP contribution is -2.53. The van der Waals surface area contributed by atoms with Gasteiger partial charge < -0.3 is 14.7 Å². The third-order valence-corrected chi connectivity index (χ3v) is 3.77. The van der Waals surface area contributed by atoms with Crippen LogP contribution in [0.4, 0.5) is 0 Å². The number of aromatic nitrogens is 2. The summed E-state index contributed by atoms with van der Waals surface area (Å²) in [6.07, 6.45) is 1.30. The molecule has 1 atom stereocenters. The Kier molecular flexibility index (Phi) is 4.07. The van der Waals surface area contributed by atoms with Crippen molar-refractivity contribution in [2.24, 2.45) is 0 Å². The van der Waals surface area contributed by atoms with Crippen LogP contribution in [0.15, 0.2) is 35.4 Å². The van der Waals surface area contributed by atoms with Gasteiger partial charge in [0.15, 0.2) is 6.04 Å². The zero-order valence-corrected chi connectivity index (χ0v) is 12.2. The van der Waals surface area contributed by atoms with Gasteiger partial charge in [-0.2, -0.15) is 0 Å². The number of carboxylic acids is 1. The molecule has 8 heteroatoms. The summed E-state index contributed by atoms with van der Waals surface area (Å²) < 4.78 is 6.29. The van der Waals surface area contributed by atoms with Gasteiger partial charge in [0.1, 0.15) is 6.54 Å². The normalized spacial score (nSPS) is 18.1. The molecule has 1 saturated heterocycles. The van der Waals surface area contributed by atoms with Gasteiger partial charge in [0.25, 0.3) is 5.56 Å². The number of hydrogen-bond acceptors (Lipinski definition) is 5. The number of morpholine rings is 1. The Bertz CT molecular complexity index is 816. The van der Waals surface area contributed by atoms with Gasteiger partial charge in [-0.1, -0.05) is 12.1 Å². The first-order chi connectivity index (χ1) is 11.1. The lowest BCUT2D eigenvalue weighted by atomic mass is 10.2. The van der Waals surface area contributed by atoms with Gasteiger partial charge in [0.05, 0.1) is 30.4 Å². The van der Waals surface area contributed by atoms with Crippen molar-refractivity contribution in [1.82, 2.24) is 14.5 Å². The molecule has 0 bridgehead atoms. The number of rotatable bonds is 3. The van der Waals surface area contributed by atoms with Crippen molar-refractivity contribution < 1.29 is 19.4 Å². The van der Waals surface area contributed by atoms with E-state index in [1.54, 1.807) is 24.3 Å². The highest BCUT2D eigenvalue weighted by atomic mass is 16.5. The molecule has 1 aliphatic heterocycles. The molecule has 0 spiro atoms. The van der Waals surface area contributed by atoms with Crippen molar-refractivity contribution in [3.05, 3.63) is 40.9 Å². The van der Waals surface area contributed by atoms with Gasteiger partial charge in [-0.3, -0.25) is 14.2 Å². The lowest BCUT2D eigenvalue weighted by Gasteiger charge is -2.32. The number of carbonyl (C=O) groups is 2. The minimum absolute atomic E-state index is 0.0497. The van der Waals surface area contributed by atoms with E-state index >= 15 is 0 Å². The molecule has 0 aliphatic carbocycles. The second-order valence-corrected chi connectivity index (χ2v) is 5.21. The molecule has 2 heterocycles. The monoisotopic (exact) mass is 317 g/mol. The Morgan fingerprint density at radius 2 is 2.13 bits per heavy atom. The highest BCUT2D eigenvalue weighted by molar-refractivity contribution is 5.84. The van der Waals surface area contributed by atoms with Crippen molar-refractivity contribution in [3.63, 3.8) is 0 Å². The summed E-state index contributed by atoms with van der Waals surface area (Å²) in [5.74, 6) is -1.57. The third-order valence-electron chi connectivity index (χ3n) is 3.77. The predicted octanol–water partition coefficient (Wildman–Crippen LogP) is -0.292. The molecule has 0 radical (unpaired) electrons. The molecule has 8 nitrogen and oxygen atoms in total. The Hall–Kier alpha value is -2.74. The summed E-state index contributed by atoms with van der Waals surface area (Å²) >= 11 is 0. The molecule has 0 saturated carbocycles. The van der Waals surface area contributed by atoms with Gasteiger partial charge in [-0.05, 0) is 12.1 Å². The second kappa shape index (κ2) is 6.17. The summed E-state index contributed by atoms with van der Waals surface area (Å²) in [5.41, 5.74) is 0.222. The van der Waals surface area contributed by atoms with Crippen molar-refractivity contribution in [2.75, 3.05) is 19.8 Å². The van der Waals surface area contributed by atoms with Crippen molar-refractivity contribution >= 4 is 22.8 Å². The molecule has 1 aromatic heterocycles. The summed E-state index contributed by atoms with van der Waals surface area (Å²) in [6, 6.07) is 5.82. The Balaban J connectivity index is 1.86.